The largest absolute Gasteiger partial charge is 0.459 e. The van der Waals surface area contributed by atoms with Crippen LogP contribution in [0.4, 0.5) is 11.4 Å². The van der Waals surface area contributed by atoms with Crippen LogP contribution in [-0.4, -0.2) is 18.5 Å². The molecule has 2 aliphatic rings. The highest BCUT2D eigenvalue weighted by atomic mass is 16.5. The number of aliphatic imine (C=N–C) groups is 1. The smallest absolute Gasteiger partial charge is 0.236 e. The molecule has 0 fully saturated rings. The zero-order valence-corrected chi connectivity index (χ0v) is 18.0. The maximum absolute atomic E-state index is 7.06. The second-order valence-electron chi connectivity index (χ2n) is 8.91. The fraction of sp³-hybridized carbons (Fsp3) is 0.179. The van der Waals surface area contributed by atoms with Gasteiger partial charge in [-0.25, -0.2) is 4.99 Å². The number of nitrogens with zero attached hydrogens (tertiary/aromatic N) is 2. The van der Waals surface area contributed by atoms with Crippen LogP contribution in [0, 0.1) is 0 Å². The van der Waals surface area contributed by atoms with E-state index < -0.39 is 5.72 Å². The van der Waals surface area contributed by atoms with Gasteiger partial charge in [-0.2, -0.15) is 0 Å². The summed E-state index contributed by atoms with van der Waals surface area (Å²) in [6.07, 6.45) is 0. The van der Waals surface area contributed by atoms with Gasteiger partial charge in [-0.05, 0) is 36.9 Å². The minimum atomic E-state index is -0.756. The Morgan fingerprint density at radius 1 is 0.774 bits per heavy atom. The van der Waals surface area contributed by atoms with Crippen molar-refractivity contribution in [2.24, 2.45) is 4.99 Å². The lowest BCUT2D eigenvalue weighted by atomic mass is 9.73. The fourth-order valence-corrected chi connectivity index (χ4v) is 5.40. The van der Waals surface area contributed by atoms with Crippen LogP contribution in [0.15, 0.2) is 96.0 Å². The van der Waals surface area contributed by atoms with E-state index in [0.717, 1.165) is 28.1 Å². The molecule has 152 valence electrons. The van der Waals surface area contributed by atoms with Gasteiger partial charge in [-0.1, -0.05) is 78.9 Å². The van der Waals surface area contributed by atoms with E-state index in [-0.39, 0.29) is 5.41 Å². The van der Waals surface area contributed by atoms with Gasteiger partial charge in [-0.3, -0.25) is 0 Å². The van der Waals surface area contributed by atoms with Gasteiger partial charge >= 0.3 is 0 Å². The molecular weight excluding hydrogens is 380 g/mol. The summed E-state index contributed by atoms with van der Waals surface area (Å²) in [6.45, 7) is 4.53. The molecule has 0 unspecified atom stereocenters. The van der Waals surface area contributed by atoms with Crippen LogP contribution >= 0.6 is 0 Å². The Morgan fingerprint density at radius 3 is 2.29 bits per heavy atom. The minimum Gasteiger partial charge on any atom is -0.459 e. The van der Waals surface area contributed by atoms with Crippen molar-refractivity contribution in [2.45, 2.75) is 25.0 Å². The molecule has 0 saturated carbocycles. The van der Waals surface area contributed by atoms with Crippen LogP contribution in [-0.2, 0) is 5.41 Å². The number of hydrogen-bond acceptors (Lipinski definition) is 3. The highest BCUT2D eigenvalue weighted by Crippen LogP contribution is 2.56. The lowest BCUT2D eigenvalue weighted by molar-refractivity contribution is 0.0781. The van der Waals surface area contributed by atoms with Crippen LogP contribution in [0.2, 0.25) is 0 Å². The Balaban J connectivity index is 1.70. The summed E-state index contributed by atoms with van der Waals surface area (Å²) in [4.78, 5) is 7.63. The average Bonchev–Trinajstić information content (AvgIpc) is 2.98. The molecule has 4 aromatic carbocycles. The topological polar surface area (TPSA) is 24.8 Å². The first-order chi connectivity index (χ1) is 15.0. The van der Waals surface area contributed by atoms with Crippen molar-refractivity contribution >= 4 is 27.9 Å². The van der Waals surface area contributed by atoms with Crippen LogP contribution in [0.3, 0.4) is 0 Å². The van der Waals surface area contributed by atoms with Crippen molar-refractivity contribution in [3.8, 4) is 5.75 Å². The molecular formula is C28H24N2O. The van der Waals surface area contributed by atoms with Gasteiger partial charge in [0, 0.05) is 23.7 Å². The van der Waals surface area contributed by atoms with Gasteiger partial charge in [0.15, 0.2) is 0 Å². The second kappa shape index (κ2) is 6.21. The van der Waals surface area contributed by atoms with Crippen molar-refractivity contribution in [2.75, 3.05) is 11.9 Å². The molecule has 3 nitrogen and oxygen atoms in total. The summed E-state index contributed by atoms with van der Waals surface area (Å²) in [5.74, 6) is 0.825. The van der Waals surface area contributed by atoms with Crippen molar-refractivity contribution in [3.63, 3.8) is 0 Å². The van der Waals surface area contributed by atoms with E-state index in [1.165, 1.54) is 16.6 Å². The molecule has 0 N–H and O–H groups in total. The monoisotopic (exact) mass is 404 g/mol. The van der Waals surface area contributed by atoms with E-state index in [2.05, 4.69) is 111 Å². The number of benzene rings is 4. The Bertz CT molecular complexity index is 1360. The van der Waals surface area contributed by atoms with Crippen molar-refractivity contribution in [3.05, 3.63) is 102 Å². The van der Waals surface area contributed by atoms with Crippen LogP contribution in [0.5, 0.6) is 5.75 Å². The van der Waals surface area contributed by atoms with Crippen molar-refractivity contribution in [1.82, 2.24) is 0 Å². The molecule has 2 heterocycles. The summed E-state index contributed by atoms with van der Waals surface area (Å²) in [7, 11) is 2.12. The van der Waals surface area contributed by atoms with Gasteiger partial charge in [0.1, 0.15) is 17.1 Å². The van der Waals surface area contributed by atoms with Crippen molar-refractivity contribution in [1.29, 1.82) is 0 Å². The van der Waals surface area contributed by atoms with Gasteiger partial charge in [0.2, 0.25) is 5.72 Å². The quantitative estimate of drug-likeness (QED) is 0.363. The van der Waals surface area contributed by atoms with Gasteiger partial charge in [-0.15, -0.1) is 0 Å². The number of hydrogen-bond donors (Lipinski definition) is 0. The Morgan fingerprint density at radius 2 is 1.48 bits per heavy atom. The third-order valence-corrected chi connectivity index (χ3v) is 6.97. The molecule has 31 heavy (non-hydrogen) atoms. The molecule has 2 aliphatic heterocycles. The molecule has 6 rings (SSSR count). The molecule has 0 radical (unpaired) electrons. The molecule has 3 heteroatoms. The first-order valence-corrected chi connectivity index (χ1v) is 10.7. The first-order valence-electron chi connectivity index (χ1n) is 10.7. The van der Waals surface area contributed by atoms with E-state index in [9.17, 15) is 0 Å². The normalized spacial score (nSPS) is 20.9. The summed E-state index contributed by atoms with van der Waals surface area (Å²) in [5, 5.41) is 2.28. The number of fused-ring (bicyclic) bond motifs is 4. The van der Waals surface area contributed by atoms with Crippen LogP contribution < -0.4 is 9.64 Å². The van der Waals surface area contributed by atoms with Gasteiger partial charge in [0.25, 0.3) is 0 Å². The molecule has 0 saturated heterocycles. The van der Waals surface area contributed by atoms with E-state index >= 15 is 0 Å². The van der Waals surface area contributed by atoms with Gasteiger partial charge in [0.05, 0.1) is 5.41 Å². The number of likely N-dealkylation sites (N-methyl/N-ethyl adjacent to an activating group) is 1. The van der Waals surface area contributed by atoms with Crippen molar-refractivity contribution < 1.29 is 4.74 Å². The Hall–Kier alpha value is -3.59. The number of ether oxygens (including phenoxy) is 1. The maximum Gasteiger partial charge on any atom is 0.236 e. The number of para-hydroxylation sites is 1. The third-order valence-electron chi connectivity index (χ3n) is 6.97. The summed E-state index contributed by atoms with van der Waals surface area (Å²) >= 11 is 0. The summed E-state index contributed by atoms with van der Waals surface area (Å²) in [5.41, 5.74) is 4.30. The molecule has 0 aliphatic carbocycles. The van der Waals surface area contributed by atoms with E-state index in [1.54, 1.807) is 0 Å². The lowest BCUT2D eigenvalue weighted by Crippen LogP contribution is -2.65. The van der Waals surface area contributed by atoms with Crippen LogP contribution in [0.25, 0.3) is 10.8 Å². The van der Waals surface area contributed by atoms with Crippen LogP contribution in [0.1, 0.15) is 25.0 Å². The van der Waals surface area contributed by atoms with E-state index in [1.807, 2.05) is 6.07 Å². The number of rotatable bonds is 1. The summed E-state index contributed by atoms with van der Waals surface area (Å²) < 4.78 is 7.06. The van der Waals surface area contributed by atoms with Gasteiger partial charge < -0.3 is 9.64 Å². The minimum absolute atomic E-state index is 0.323. The molecule has 0 amide bonds. The highest BCUT2D eigenvalue weighted by Gasteiger charge is 2.62. The predicted molar refractivity (Wildman–Crippen MR) is 128 cm³/mol. The SMILES string of the molecule is CN1c2ccccc2C(C)(C)[C@@]12Oc1ccc3ccccc3c1N=C2c1ccccc1. The second-order valence-corrected chi connectivity index (χ2v) is 8.91. The molecule has 0 bridgehead atoms. The zero-order valence-electron chi connectivity index (χ0n) is 18.0. The molecule has 1 atom stereocenters. The maximum atomic E-state index is 7.06. The first kappa shape index (κ1) is 18.2. The molecule has 4 aromatic rings. The van der Waals surface area contributed by atoms with E-state index in [0.29, 0.717) is 0 Å². The molecule has 1 spiro atoms. The zero-order chi connectivity index (χ0) is 21.2. The lowest BCUT2D eigenvalue weighted by Gasteiger charge is -2.48. The molecule has 0 aromatic heterocycles. The van der Waals surface area contributed by atoms with E-state index in [4.69, 9.17) is 9.73 Å². The summed E-state index contributed by atoms with van der Waals surface area (Å²) in [6, 6.07) is 31.6. The average molecular weight is 405 g/mol. The highest BCUT2D eigenvalue weighted by molar-refractivity contribution is 6.15. The Kier molecular flexibility index (Phi) is 3.64. The standard InChI is InChI=1S/C28H24N2O/c1-27(2)22-15-9-10-16-23(22)30(3)28(27)26(20-12-5-4-6-13-20)29-25-21-14-8-7-11-19(21)17-18-24(25)31-28/h4-18H,1-3H3/t28-/m1/s1. The Labute approximate surface area is 182 Å². The number of anilines is 1. The third kappa shape index (κ3) is 2.26. The fourth-order valence-electron chi connectivity index (χ4n) is 5.40. The predicted octanol–water partition coefficient (Wildman–Crippen LogP) is 6.48.